The highest BCUT2D eigenvalue weighted by atomic mass is 19.1. The Morgan fingerprint density at radius 2 is 1.76 bits per heavy atom. The maximum Gasteiger partial charge on any atom is 0.238 e. The third-order valence-electron chi connectivity index (χ3n) is 5.45. The van der Waals surface area contributed by atoms with Crippen LogP contribution in [0.4, 0.5) is 10.1 Å². The number of imide groups is 1. The number of nitrogens with zero attached hydrogens (tertiary/aromatic N) is 1. The molecular weight excluding hydrogens is 373 g/mol. The van der Waals surface area contributed by atoms with Crippen LogP contribution in [0.15, 0.2) is 60.2 Å². The minimum Gasteiger partial charge on any atom is -0.483 e. The Morgan fingerprint density at radius 3 is 2.52 bits per heavy atom. The van der Waals surface area contributed by atoms with E-state index in [2.05, 4.69) is 0 Å². The van der Waals surface area contributed by atoms with Gasteiger partial charge in [0.1, 0.15) is 11.6 Å². The highest BCUT2D eigenvalue weighted by molar-refractivity contribution is 6.23. The van der Waals surface area contributed by atoms with Gasteiger partial charge in [0.05, 0.1) is 17.5 Å². The fourth-order valence-electron chi connectivity index (χ4n) is 3.90. The number of hydrogen-bond acceptors (Lipinski definition) is 4. The predicted octanol–water partition coefficient (Wildman–Crippen LogP) is 3.93. The average molecular weight is 393 g/mol. The molecule has 2 amide bonds. The molecule has 1 fully saturated rings. The number of carbonyl (C=O) groups excluding carboxylic acids is 3. The first-order valence-electron chi connectivity index (χ1n) is 9.49. The number of rotatable bonds is 5. The van der Waals surface area contributed by atoms with E-state index in [-0.39, 0.29) is 41.8 Å². The second-order valence-corrected chi connectivity index (χ2v) is 7.40. The number of Topliss-reactive ketones (excluding diaryl/α,β-unsaturated/α-hetero) is 1. The van der Waals surface area contributed by atoms with E-state index < -0.39 is 5.82 Å². The lowest BCUT2D eigenvalue weighted by Gasteiger charge is -2.19. The van der Waals surface area contributed by atoms with Crippen LogP contribution in [0.3, 0.4) is 0 Å². The zero-order valence-electron chi connectivity index (χ0n) is 15.9. The molecule has 0 saturated carbocycles. The summed E-state index contributed by atoms with van der Waals surface area (Å²) in [5, 5.41) is 0. The van der Waals surface area contributed by atoms with Crippen molar-refractivity contribution < 1.29 is 23.5 Å². The number of ether oxygens (including phenoxy) is 1. The van der Waals surface area contributed by atoms with Gasteiger partial charge in [0.25, 0.3) is 0 Å². The van der Waals surface area contributed by atoms with Crippen LogP contribution in [0, 0.1) is 17.7 Å². The first-order chi connectivity index (χ1) is 14.0. The molecule has 0 aromatic heterocycles. The molecule has 2 aromatic rings. The van der Waals surface area contributed by atoms with Crippen molar-refractivity contribution >= 4 is 23.3 Å². The topological polar surface area (TPSA) is 63.7 Å². The standard InChI is InChI=1S/C23H20FNO4/c1-14-6-11-17-18(12-14)23(28)25(22(17)27)19-4-2-3-5-21(19)29-13-20(26)15-7-9-16(24)10-8-15/h2-10,17-18H,11-13H2,1H3/t17-,18+/m0/s1. The number of anilines is 1. The van der Waals surface area contributed by atoms with E-state index in [0.29, 0.717) is 24.1 Å². The number of amides is 2. The summed E-state index contributed by atoms with van der Waals surface area (Å²) >= 11 is 0. The van der Waals surface area contributed by atoms with E-state index in [9.17, 15) is 18.8 Å². The quantitative estimate of drug-likeness (QED) is 0.439. The SMILES string of the molecule is CC1=CC[C@@H]2C(=O)N(c3ccccc3OCC(=O)c3ccc(F)cc3)C(=O)[C@@H]2C1. The molecule has 0 radical (unpaired) electrons. The summed E-state index contributed by atoms with van der Waals surface area (Å²) in [5.74, 6) is -1.62. The predicted molar refractivity (Wildman–Crippen MR) is 105 cm³/mol. The first kappa shape index (κ1) is 19.1. The van der Waals surface area contributed by atoms with Crippen LogP contribution in [0.1, 0.15) is 30.1 Å². The molecule has 2 aromatic carbocycles. The van der Waals surface area contributed by atoms with Crippen LogP contribution < -0.4 is 9.64 Å². The number of hydrogen-bond donors (Lipinski definition) is 0. The summed E-state index contributed by atoms with van der Waals surface area (Å²) < 4.78 is 18.7. The lowest BCUT2D eigenvalue weighted by Crippen LogP contribution is -2.31. The van der Waals surface area contributed by atoms with Gasteiger partial charge < -0.3 is 4.74 Å². The van der Waals surface area contributed by atoms with Gasteiger partial charge >= 0.3 is 0 Å². The largest absolute Gasteiger partial charge is 0.483 e. The summed E-state index contributed by atoms with van der Waals surface area (Å²) in [7, 11) is 0. The van der Waals surface area contributed by atoms with Crippen molar-refractivity contribution in [1.82, 2.24) is 0 Å². The number of carbonyl (C=O) groups is 3. The third-order valence-corrected chi connectivity index (χ3v) is 5.45. The molecule has 1 aliphatic heterocycles. The van der Waals surface area contributed by atoms with Gasteiger partial charge in [0.15, 0.2) is 12.4 Å². The second-order valence-electron chi connectivity index (χ2n) is 7.40. The number of fused-ring (bicyclic) bond motifs is 1. The van der Waals surface area contributed by atoms with E-state index in [1.165, 1.54) is 29.2 Å². The molecule has 6 heteroatoms. The van der Waals surface area contributed by atoms with Gasteiger partial charge in [0, 0.05) is 5.56 Å². The molecule has 2 aliphatic rings. The van der Waals surface area contributed by atoms with Crippen molar-refractivity contribution in [1.29, 1.82) is 0 Å². The minimum atomic E-state index is -0.426. The molecule has 0 bridgehead atoms. The average Bonchev–Trinajstić information content (AvgIpc) is 2.96. The smallest absolute Gasteiger partial charge is 0.238 e. The van der Waals surface area contributed by atoms with E-state index in [1.807, 2.05) is 13.0 Å². The number of allylic oxidation sites excluding steroid dienone is 2. The van der Waals surface area contributed by atoms with E-state index in [0.717, 1.165) is 5.57 Å². The van der Waals surface area contributed by atoms with Crippen LogP contribution >= 0.6 is 0 Å². The zero-order valence-corrected chi connectivity index (χ0v) is 15.9. The maximum atomic E-state index is 13.0. The Kier molecular flexibility index (Phi) is 5.01. The fraction of sp³-hybridized carbons (Fsp3) is 0.261. The van der Waals surface area contributed by atoms with Crippen LogP contribution in [-0.2, 0) is 9.59 Å². The molecule has 0 unspecified atom stereocenters. The maximum absolute atomic E-state index is 13.0. The zero-order chi connectivity index (χ0) is 20.5. The van der Waals surface area contributed by atoms with Crippen LogP contribution in [0.25, 0.3) is 0 Å². The molecule has 0 N–H and O–H groups in total. The Labute approximate surface area is 167 Å². The van der Waals surface area contributed by atoms with E-state index in [4.69, 9.17) is 4.74 Å². The van der Waals surface area contributed by atoms with Gasteiger partial charge in [-0.15, -0.1) is 0 Å². The Hall–Kier alpha value is -3.28. The van der Waals surface area contributed by atoms with Crippen LogP contribution in [-0.4, -0.2) is 24.2 Å². The molecule has 5 nitrogen and oxygen atoms in total. The van der Waals surface area contributed by atoms with Crippen molar-refractivity contribution in [2.75, 3.05) is 11.5 Å². The minimum absolute atomic E-state index is 0.228. The van der Waals surface area contributed by atoms with Gasteiger partial charge in [-0.2, -0.15) is 0 Å². The third kappa shape index (κ3) is 3.58. The number of ketones is 1. The molecular formula is C23H20FNO4. The van der Waals surface area contributed by atoms with Crippen LogP contribution in [0.5, 0.6) is 5.75 Å². The molecule has 0 spiro atoms. The van der Waals surface area contributed by atoms with Crippen LogP contribution in [0.2, 0.25) is 0 Å². The van der Waals surface area contributed by atoms with Gasteiger partial charge in [-0.25, -0.2) is 9.29 Å². The van der Waals surface area contributed by atoms with Crippen molar-refractivity contribution in [2.45, 2.75) is 19.8 Å². The Morgan fingerprint density at radius 1 is 1.07 bits per heavy atom. The Balaban J connectivity index is 1.54. The normalized spacial score (nSPS) is 21.0. The number of para-hydroxylation sites is 2. The lowest BCUT2D eigenvalue weighted by atomic mass is 9.82. The highest BCUT2D eigenvalue weighted by Gasteiger charge is 2.49. The fourth-order valence-corrected chi connectivity index (χ4v) is 3.90. The van der Waals surface area contributed by atoms with Crippen molar-refractivity contribution in [3.8, 4) is 5.75 Å². The van der Waals surface area contributed by atoms with Crippen molar-refractivity contribution in [2.24, 2.45) is 11.8 Å². The highest BCUT2D eigenvalue weighted by Crippen LogP contribution is 2.42. The summed E-state index contributed by atoms with van der Waals surface area (Å²) in [5.41, 5.74) is 1.79. The molecule has 29 heavy (non-hydrogen) atoms. The summed E-state index contributed by atoms with van der Waals surface area (Å²) in [6.07, 6.45) is 3.15. The van der Waals surface area contributed by atoms with Crippen molar-refractivity contribution in [3.63, 3.8) is 0 Å². The second kappa shape index (κ2) is 7.62. The van der Waals surface area contributed by atoms with Crippen molar-refractivity contribution in [3.05, 3.63) is 71.6 Å². The van der Waals surface area contributed by atoms with Gasteiger partial charge in [0.2, 0.25) is 11.8 Å². The molecule has 148 valence electrons. The summed E-state index contributed by atoms with van der Waals surface area (Å²) in [6, 6.07) is 11.9. The summed E-state index contributed by atoms with van der Waals surface area (Å²) in [4.78, 5) is 39.4. The van der Waals surface area contributed by atoms with Gasteiger partial charge in [-0.3, -0.25) is 14.4 Å². The Bertz CT molecular complexity index is 1010. The van der Waals surface area contributed by atoms with E-state index >= 15 is 0 Å². The van der Waals surface area contributed by atoms with Gasteiger partial charge in [-0.05, 0) is 56.2 Å². The number of halogens is 1. The van der Waals surface area contributed by atoms with Gasteiger partial charge in [-0.1, -0.05) is 23.8 Å². The first-order valence-corrected chi connectivity index (χ1v) is 9.49. The molecule has 1 heterocycles. The molecule has 4 rings (SSSR count). The molecule has 2 atom stereocenters. The summed E-state index contributed by atoms with van der Waals surface area (Å²) in [6.45, 7) is 1.68. The van der Waals surface area contributed by atoms with E-state index in [1.54, 1.807) is 24.3 Å². The monoisotopic (exact) mass is 393 g/mol. The lowest BCUT2D eigenvalue weighted by molar-refractivity contribution is -0.122. The number of benzene rings is 2. The molecule has 1 aliphatic carbocycles. The molecule has 1 saturated heterocycles.